The number of alkyl halides is 3. The predicted molar refractivity (Wildman–Crippen MR) is 67.3 cm³/mol. The number of halogens is 4. The average Bonchev–Trinajstić information content (AvgIpc) is 2.29. The lowest BCUT2D eigenvalue weighted by atomic mass is 10.0. The van der Waals surface area contributed by atoms with Crippen LogP contribution in [-0.4, -0.2) is 12.6 Å². The molecule has 0 saturated carbocycles. The molecule has 1 aromatic carbocycles. The zero-order valence-corrected chi connectivity index (χ0v) is 10.9. The second-order valence-electron chi connectivity index (χ2n) is 4.76. The molecule has 1 aromatic rings. The zero-order valence-electron chi connectivity index (χ0n) is 10.9. The molecule has 0 aliphatic rings. The van der Waals surface area contributed by atoms with E-state index in [2.05, 4.69) is 5.32 Å². The summed E-state index contributed by atoms with van der Waals surface area (Å²) in [6.45, 7) is 4.31. The predicted octanol–water partition coefficient (Wildman–Crippen LogP) is 3.63. The first-order valence-electron chi connectivity index (χ1n) is 6.09. The molecule has 0 aliphatic carbocycles. The summed E-state index contributed by atoms with van der Waals surface area (Å²) in [5.41, 5.74) is 4.54. The highest BCUT2D eigenvalue weighted by atomic mass is 19.4. The molecule has 2 nitrogen and oxygen atoms in total. The fourth-order valence-electron chi connectivity index (χ4n) is 1.76. The van der Waals surface area contributed by atoms with E-state index < -0.39 is 17.6 Å². The Balaban J connectivity index is 2.90. The van der Waals surface area contributed by atoms with E-state index in [9.17, 15) is 17.6 Å². The van der Waals surface area contributed by atoms with Gasteiger partial charge in [0.25, 0.3) is 0 Å². The summed E-state index contributed by atoms with van der Waals surface area (Å²) in [6, 6.07) is 2.41. The normalized spacial score (nSPS) is 13.7. The fourth-order valence-corrected chi connectivity index (χ4v) is 1.76. The van der Waals surface area contributed by atoms with Crippen LogP contribution in [0.25, 0.3) is 0 Å². The van der Waals surface area contributed by atoms with E-state index >= 15 is 0 Å². The Labute approximate surface area is 110 Å². The maximum atomic E-state index is 13.7. The Morgan fingerprint density at radius 2 is 1.89 bits per heavy atom. The molecule has 0 aliphatic heterocycles. The molecule has 6 heteroatoms. The number of nitrogens with one attached hydrogen (secondary N) is 1. The minimum Gasteiger partial charge on any atom is -0.380 e. The minimum atomic E-state index is -4.53. The van der Waals surface area contributed by atoms with Gasteiger partial charge in [0, 0.05) is 6.04 Å². The van der Waals surface area contributed by atoms with Crippen LogP contribution < -0.4 is 11.1 Å². The molecule has 1 unspecified atom stereocenters. The number of hydrogen-bond donors (Lipinski definition) is 2. The molecule has 0 saturated heterocycles. The second-order valence-corrected chi connectivity index (χ2v) is 4.76. The second kappa shape index (κ2) is 6.23. The molecule has 108 valence electrons. The third-order valence-electron chi connectivity index (χ3n) is 2.92. The molecule has 0 heterocycles. The largest absolute Gasteiger partial charge is 0.416 e. The van der Waals surface area contributed by atoms with Crippen LogP contribution in [0.1, 0.15) is 25.8 Å². The lowest BCUT2D eigenvalue weighted by Crippen LogP contribution is -2.28. The van der Waals surface area contributed by atoms with Crippen molar-refractivity contribution in [2.24, 2.45) is 11.7 Å². The summed E-state index contributed by atoms with van der Waals surface area (Å²) in [5, 5.41) is 2.90. The monoisotopic (exact) mass is 278 g/mol. The molecule has 19 heavy (non-hydrogen) atoms. The van der Waals surface area contributed by atoms with Crippen LogP contribution in [0.15, 0.2) is 18.2 Å². The van der Waals surface area contributed by atoms with Crippen LogP contribution in [0, 0.1) is 11.7 Å². The van der Waals surface area contributed by atoms with E-state index in [0.717, 1.165) is 12.1 Å². The smallest absolute Gasteiger partial charge is 0.380 e. The molecule has 3 N–H and O–H groups in total. The summed E-state index contributed by atoms with van der Waals surface area (Å²) in [6.07, 6.45) is -3.91. The Morgan fingerprint density at radius 3 is 2.32 bits per heavy atom. The van der Waals surface area contributed by atoms with Gasteiger partial charge in [-0.1, -0.05) is 13.8 Å². The Kier molecular flexibility index (Phi) is 5.17. The Hall–Kier alpha value is -1.30. The maximum absolute atomic E-state index is 13.7. The fraction of sp³-hybridized carbons (Fsp3) is 0.538. The van der Waals surface area contributed by atoms with Gasteiger partial charge in [0.2, 0.25) is 0 Å². The van der Waals surface area contributed by atoms with E-state index in [1.807, 2.05) is 13.8 Å². The molecular weight excluding hydrogens is 260 g/mol. The van der Waals surface area contributed by atoms with Gasteiger partial charge in [-0.05, 0) is 37.1 Å². The summed E-state index contributed by atoms with van der Waals surface area (Å²) < 4.78 is 50.9. The van der Waals surface area contributed by atoms with Crippen LogP contribution in [0.2, 0.25) is 0 Å². The highest BCUT2D eigenvalue weighted by Crippen LogP contribution is 2.31. The van der Waals surface area contributed by atoms with Gasteiger partial charge < -0.3 is 11.1 Å². The van der Waals surface area contributed by atoms with Crippen molar-refractivity contribution < 1.29 is 17.6 Å². The number of anilines is 1. The first kappa shape index (κ1) is 15.8. The van der Waals surface area contributed by atoms with Gasteiger partial charge in [-0.3, -0.25) is 0 Å². The van der Waals surface area contributed by atoms with Crippen LogP contribution in [0.4, 0.5) is 23.2 Å². The summed E-state index contributed by atoms with van der Waals surface area (Å²) in [5.74, 6) is -0.706. The van der Waals surface area contributed by atoms with Crippen molar-refractivity contribution in [3.05, 3.63) is 29.6 Å². The SMILES string of the molecule is CC(C)C(CCN)Nc1ccc(C(F)(F)F)cc1F. The lowest BCUT2D eigenvalue weighted by molar-refractivity contribution is -0.137. The van der Waals surface area contributed by atoms with Crippen molar-refractivity contribution in [3.63, 3.8) is 0 Å². The average molecular weight is 278 g/mol. The van der Waals surface area contributed by atoms with Crippen molar-refractivity contribution in [2.75, 3.05) is 11.9 Å². The molecule has 0 radical (unpaired) electrons. The van der Waals surface area contributed by atoms with E-state index in [1.54, 1.807) is 0 Å². The topological polar surface area (TPSA) is 38.0 Å². The van der Waals surface area contributed by atoms with E-state index in [4.69, 9.17) is 5.73 Å². The minimum absolute atomic E-state index is 0.0696. The van der Waals surface area contributed by atoms with Crippen molar-refractivity contribution in [3.8, 4) is 0 Å². The van der Waals surface area contributed by atoms with Crippen LogP contribution >= 0.6 is 0 Å². The van der Waals surface area contributed by atoms with Gasteiger partial charge in [-0.2, -0.15) is 13.2 Å². The third kappa shape index (κ3) is 4.38. The van der Waals surface area contributed by atoms with Crippen molar-refractivity contribution in [1.29, 1.82) is 0 Å². The lowest BCUT2D eigenvalue weighted by Gasteiger charge is -2.23. The Bertz CT molecular complexity index is 416. The van der Waals surface area contributed by atoms with Crippen LogP contribution in [0.3, 0.4) is 0 Å². The van der Waals surface area contributed by atoms with Gasteiger partial charge in [-0.25, -0.2) is 4.39 Å². The molecule has 0 fully saturated rings. The third-order valence-corrected chi connectivity index (χ3v) is 2.92. The molecule has 1 atom stereocenters. The summed E-state index contributed by atoms with van der Waals surface area (Å²) in [7, 11) is 0. The van der Waals surface area contributed by atoms with Crippen molar-refractivity contribution in [2.45, 2.75) is 32.5 Å². The van der Waals surface area contributed by atoms with Crippen molar-refractivity contribution >= 4 is 5.69 Å². The first-order valence-corrected chi connectivity index (χ1v) is 6.09. The van der Waals surface area contributed by atoms with Crippen LogP contribution in [0.5, 0.6) is 0 Å². The van der Waals surface area contributed by atoms with Gasteiger partial charge in [-0.15, -0.1) is 0 Å². The highest BCUT2D eigenvalue weighted by molar-refractivity contribution is 5.47. The van der Waals surface area contributed by atoms with E-state index in [0.29, 0.717) is 19.0 Å². The molecule has 1 rings (SSSR count). The van der Waals surface area contributed by atoms with Gasteiger partial charge in [0.1, 0.15) is 5.82 Å². The van der Waals surface area contributed by atoms with E-state index in [1.165, 1.54) is 0 Å². The number of nitrogens with two attached hydrogens (primary N) is 1. The molecule has 0 spiro atoms. The quantitative estimate of drug-likeness (QED) is 0.807. The van der Waals surface area contributed by atoms with Gasteiger partial charge >= 0.3 is 6.18 Å². The zero-order chi connectivity index (χ0) is 14.6. The van der Waals surface area contributed by atoms with Crippen molar-refractivity contribution in [1.82, 2.24) is 0 Å². The maximum Gasteiger partial charge on any atom is 0.416 e. The summed E-state index contributed by atoms with van der Waals surface area (Å²) >= 11 is 0. The standard InChI is InChI=1S/C13H18F4N2/c1-8(2)11(5-6-18)19-12-4-3-9(7-10(12)14)13(15,16)17/h3-4,7-8,11,19H,5-6,18H2,1-2H3. The molecule has 0 aromatic heterocycles. The number of rotatable bonds is 5. The molecular formula is C13H18F4N2. The Morgan fingerprint density at radius 1 is 1.26 bits per heavy atom. The molecule has 0 amide bonds. The number of hydrogen-bond acceptors (Lipinski definition) is 2. The highest BCUT2D eigenvalue weighted by Gasteiger charge is 2.31. The summed E-state index contributed by atoms with van der Waals surface area (Å²) in [4.78, 5) is 0. The van der Waals surface area contributed by atoms with E-state index in [-0.39, 0.29) is 17.6 Å². The van der Waals surface area contributed by atoms with Crippen LogP contribution in [-0.2, 0) is 6.18 Å². The first-order chi connectivity index (χ1) is 8.75. The van der Waals surface area contributed by atoms with Gasteiger partial charge in [0.15, 0.2) is 0 Å². The van der Waals surface area contributed by atoms with Gasteiger partial charge in [0.05, 0.1) is 11.3 Å². The number of benzene rings is 1. The molecule has 0 bridgehead atoms.